The molecule has 0 amide bonds. The first kappa shape index (κ1) is 21.1. The fourth-order valence-electron chi connectivity index (χ4n) is 3.69. The van der Waals surface area contributed by atoms with Crippen molar-refractivity contribution in [2.75, 3.05) is 6.61 Å². The zero-order valence-corrected chi connectivity index (χ0v) is 15.9. The number of phenolic OH excluding ortho intramolecular Hbond substituents is 3. The summed E-state index contributed by atoms with van der Waals surface area (Å²) < 4.78 is 11.0. The Morgan fingerprint density at radius 1 is 0.903 bits per heavy atom. The normalized spacial score (nSPS) is 26.3. The molecule has 0 bridgehead atoms. The average molecular weight is 432 g/mol. The molecule has 2 heterocycles. The second kappa shape index (κ2) is 7.84. The molecule has 4 rings (SSSR count). The minimum absolute atomic E-state index is 0.0198. The summed E-state index contributed by atoms with van der Waals surface area (Å²) in [6, 6.07) is 8.00. The molecular formula is C21H20O10. The van der Waals surface area contributed by atoms with E-state index in [9.17, 15) is 40.5 Å². The number of rotatable bonds is 3. The largest absolute Gasteiger partial charge is 0.508 e. The molecule has 1 aromatic heterocycles. The van der Waals surface area contributed by atoms with Crippen LogP contribution in [0.5, 0.6) is 17.2 Å². The summed E-state index contributed by atoms with van der Waals surface area (Å²) in [5, 5.41) is 70.0. The second-order valence-electron chi connectivity index (χ2n) is 7.30. The first-order chi connectivity index (χ1) is 14.7. The molecular weight excluding hydrogens is 412 g/mol. The Labute approximate surface area is 174 Å². The van der Waals surface area contributed by atoms with Crippen LogP contribution in [0.3, 0.4) is 0 Å². The van der Waals surface area contributed by atoms with Gasteiger partial charge in [-0.3, -0.25) is 4.79 Å². The monoisotopic (exact) mass is 432 g/mol. The summed E-state index contributed by atoms with van der Waals surface area (Å²) in [5.41, 5.74) is -0.741. The maximum absolute atomic E-state index is 12.7. The number of aromatic hydroxyl groups is 3. The SMILES string of the molecule is O=c1cc(-c2ccc(O)cc2)oc2cc(O)c([C@@H]3O[C@@H](CO)[C@@H](O)[C@@H](O)[C@H]3O)c(O)c12. The molecule has 0 aliphatic carbocycles. The van der Waals surface area contributed by atoms with Crippen LogP contribution in [0.15, 0.2) is 45.6 Å². The van der Waals surface area contributed by atoms with E-state index in [1.54, 1.807) is 0 Å². The van der Waals surface area contributed by atoms with Crippen LogP contribution in [0.4, 0.5) is 0 Å². The summed E-state index contributed by atoms with van der Waals surface area (Å²) in [4.78, 5) is 12.7. The van der Waals surface area contributed by atoms with E-state index in [1.807, 2.05) is 0 Å². The number of aliphatic hydroxyl groups excluding tert-OH is 4. The molecule has 1 fully saturated rings. The maximum atomic E-state index is 12.7. The quantitative estimate of drug-likeness (QED) is 0.300. The smallest absolute Gasteiger partial charge is 0.197 e. The summed E-state index contributed by atoms with van der Waals surface area (Å²) >= 11 is 0. The predicted octanol–water partition coefficient (Wildman–Crippen LogP) is 0.0917. The van der Waals surface area contributed by atoms with Crippen molar-refractivity contribution >= 4 is 11.0 Å². The fourth-order valence-corrected chi connectivity index (χ4v) is 3.69. The molecule has 5 atom stereocenters. The van der Waals surface area contributed by atoms with Crippen molar-refractivity contribution in [2.45, 2.75) is 30.5 Å². The first-order valence-corrected chi connectivity index (χ1v) is 9.35. The van der Waals surface area contributed by atoms with Gasteiger partial charge in [-0.2, -0.15) is 0 Å². The van der Waals surface area contributed by atoms with Crippen molar-refractivity contribution in [3.8, 4) is 28.6 Å². The molecule has 1 aliphatic rings. The third kappa shape index (κ3) is 3.50. The molecule has 1 aliphatic heterocycles. The molecule has 31 heavy (non-hydrogen) atoms. The predicted molar refractivity (Wildman–Crippen MR) is 106 cm³/mol. The summed E-state index contributed by atoms with van der Waals surface area (Å²) in [6.45, 7) is -0.700. The van der Waals surface area contributed by atoms with Crippen LogP contribution in [-0.2, 0) is 4.74 Å². The van der Waals surface area contributed by atoms with Crippen LogP contribution in [0, 0.1) is 0 Å². The van der Waals surface area contributed by atoms with Crippen LogP contribution in [0.25, 0.3) is 22.3 Å². The van der Waals surface area contributed by atoms with Crippen molar-refractivity contribution < 1.29 is 44.9 Å². The van der Waals surface area contributed by atoms with E-state index in [4.69, 9.17) is 9.15 Å². The number of hydrogen-bond acceptors (Lipinski definition) is 10. The number of hydrogen-bond donors (Lipinski definition) is 7. The van der Waals surface area contributed by atoms with Gasteiger partial charge in [0.25, 0.3) is 0 Å². The molecule has 1 saturated heterocycles. The maximum Gasteiger partial charge on any atom is 0.197 e. The Bertz CT molecular complexity index is 1170. The standard InChI is InChI=1S/C21H20O10/c22-7-14-17(26)19(28)20(29)21(31-14)16-11(25)6-13-15(18(16)27)10(24)5-12(30-13)8-1-3-9(23)4-2-8/h1-6,14,17,19-23,25-29H,7H2/t14-,17+,19+,20+,21-/m0/s1. The molecule has 10 heteroatoms. The fraction of sp³-hybridized carbons (Fsp3) is 0.286. The molecule has 0 unspecified atom stereocenters. The van der Waals surface area contributed by atoms with Gasteiger partial charge in [-0.05, 0) is 24.3 Å². The average Bonchev–Trinajstić information content (AvgIpc) is 2.73. The van der Waals surface area contributed by atoms with Crippen LogP contribution in [0.2, 0.25) is 0 Å². The Morgan fingerprint density at radius 2 is 1.58 bits per heavy atom. The third-order valence-corrected chi connectivity index (χ3v) is 5.34. The highest BCUT2D eigenvalue weighted by molar-refractivity contribution is 5.88. The van der Waals surface area contributed by atoms with E-state index in [0.717, 1.165) is 12.1 Å². The van der Waals surface area contributed by atoms with Gasteiger partial charge in [0, 0.05) is 17.7 Å². The summed E-state index contributed by atoms with van der Waals surface area (Å²) in [6.07, 6.45) is -7.95. The van der Waals surface area contributed by atoms with Crippen molar-refractivity contribution in [1.29, 1.82) is 0 Å². The second-order valence-corrected chi connectivity index (χ2v) is 7.30. The van der Waals surface area contributed by atoms with Crippen molar-refractivity contribution in [1.82, 2.24) is 0 Å². The lowest BCUT2D eigenvalue weighted by atomic mass is 9.89. The Kier molecular flexibility index (Phi) is 5.33. The Hall–Kier alpha value is -3.15. The van der Waals surface area contributed by atoms with Gasteiger partial charge >= 0.3 is 0 Å². The van der Waals surface area contributed by atoms with Crippen molar-refractivity contribution in [3.05, 3.63) is 52.2 Å². The molecule has 3 aromatic rings. The number of fused-ring (bicyclic) bond motifs is 1. The van der Waals surface area contributed by atoms with Crippen LogP contribution in [-0.4, -0.2) is 66.8 Å². The van der Waals surface area contributed by atoms with Gasteiger partial charge < -0.3 is 44.9 Å². The molecule has 164 valence electrons. The lowest BCUT2D eigenvalue weighted by molar-refractivity contribution is -0.232. The third-order valence-electron chi connectivity index (χ3n) is 5.34. The van der Waals surface area contributed by atoms with Gasteiger partial charge in [-0.1, -0.05) is 0 Å². The number of ether oxygens (including phenoxy) is 1. The van der Waals surface area contributed by atoms with Crippen LogP contribution < -0.4 is 5.43 Å². The van der Waals surface area contributed by atoms with E-state index >= 15 is 0 Å². The highest BCUT2D eigenvalue weighted by Crippen LogP contribution is 2.44. The minimum atomic E-state index is -1.77. The molecule has 7 N–H and O–H groups in total. The van der Waals surface area contributed by atoms with E-state index in [1.165, 1.54) is 24.3 Å². The zero-order chi connectivity index (χ0) is 22.4. The topological polar surface area (TPSA) is 181 Å². The molecule has 10 nitrogen and oxygen atoms in total. The van der Waals surface area contributed by atoms with Gasteiger partial charge in [0.05, 0.1) is 12.2 Å². The molecule has 0 radical (unpaired) electrons. The molecule has 0 spiro atoms. The highest BCUT2D eigenvalue weighted by Gasteiger charge is 2.46. The van der Waals surface area contributed by atoms with Gasteiger partial charge in [0.2, 0.25) is 0 Å². The molecule has 2 aromatic carbocycles. The number of benzene rings is 2. The first-order valence-electron chi connectivity index (χ1n) is 9.35. The van der Waals surface area contributed by atoms with Gasteiger partial charge in [-0.25, -0.2) is 0 Å². The van der Waals surface area contributed by atoms with Crippen LogP contribution >= 0.6 is 0 Å². The molecule has 0 saturated carbocycles. The van der Waals surface area contributed by atoms with E-state index in [0.29, 0.717) is 5.56 Å². The summed E-state index contributed by atoms with van der Waals surface area (Å²) in [5.74, 6) is -1.19. The minimum Gasteiger partial charge on any atom is -0.508 e. The number of aliphatic hydroxyl groups is 4. The summed E-state index contributed by atoms with van der Waals surface area (Å²) in [7, 11) is 0. The lowest BCUT2D eigenvalue weighted by Gasteiger charge is -2.40. The van der Waals surface area contributed by atoms with Crippen LogP contribution in [0.1, 0.15) is 11.7 Å². The van der Waals surface area contributed by atoms with Gasteiger partial charge in [-0.15, -0.1) is 0 Å². The van der Waals surface area contributed by atoms with Crippen molar-refractivity contribution in [2.24, 2.45) is 0 Å². The van der Waals surface area contributed by atoms with Gasteiger partial charge in [0.1, 0.15) is 64.5 Å². The highest BCUT2D eigenvalue weighted by atomic mass is 16.5. The Morgan fingerprint density at radius 3 is 2.23 bits per heavy atom. The van der Waals surface area contributed by atoms with E-state index in [2.05, 4.69) is 0 Å². The zero-order valence-electron chi connectivity index (χ0n) is 15.9. The van der Waals surface area contributed by atoms with Gasteiger partial charge in [0.15, 0.2) is 5.43 Å². The number of phenols is 3. The van der Waals surface area contributed by atoms with E-state index in [-0.39, 0.29) is 22.5 Å². The lowest BCUT2D eigenvalue weighted by Crippen LogP contribution is -2.55. The van der Waals surface area contributed by atoms with Crippen molar-refractivity contribution in [3.63, 3.8) is 0 Å². The Balaban J connectivity index is 1.85. The van der Waals surface area contributed by atoms with E-state index < -0.39 is 59.6 Å².